The number of nitrogens with one attached hydrogen (secondary N) is 2. The van der Waals surface area contributed by atoms with Gasteiger partial charge in [0, 0.05) is 18.1 Å². The van der Waals surface area contributed by atoms with Crippen molar-refractivity contribution in [1.29, 1.82) is 0 Å². The second-order valence-electron chi connectivity index (χ2n) is 3.63. The quantitative estimate of drug-likeness (QED) is 0.707. The third kappa shape index (κ3) is 1.91. The molecule has 6 nitrogen and oxygen atoms in total. The highest BCUT2D eigenvalue weighted by Gasteiger charge is 2.05. The number of rotatable bonds is 2. The minimum atomic E-state index is -0.313. The van der Waals surface area contributed by atoms with Gasteiger partial charge >= 0.3 is 0 Å². The second-order valence-corrected chi connectivity index (χ2v) is 3.63. The Bertz CT molecular complexity index is 738. The van der Waals surface area contributed by atoms with E-state index in [4.69, 9.17) is 0 Å². The van der Waals surface area contributed by atoms with E-state index in [9.17, 15) is 4.79 Å². The summed E-state index contributed by atoms with van der Waals surface area (Å²) >= 11 is 0. The maximum absolute atomic E-state index is 11.8. The highest BCUT2D eigenvalue weighted by molar-refractivity contribution is 5.69. The lowest BCUT2D eigenvalue weighted by molar-refractivity contribution is 1.11. The van der Waals surface area contributed by atoms with Crippen molar-refractivity contribution in [2.75, 3.05) is 5.32 Å². The van der Waals surface area contributed by atoms with Crippen LogP contribution in [-0.2, 0) is 0 Å². The number of hydrogen-bond donors (Lipinski definition) is 2. The topological polar surface area (TPSA) is 83.6 Å². The lowest BCUT2D eigenvalue weighted by atomic mass is 10.3. The van der Waals surface area contributed by atoms with Crippen molar-refractivity contribution in [1.82, 2.24) is 19.9 Å². The Balaban J connectivity index is 2.06. The van der Waals surface area contributed by atoms with Gasteiger partial charge in [0.05, 0.1) is 0 Å². The van der Waals surface area contributed by atoms with Crippen LogP contribution in [0.4, 0.5) is 11.6 Å². The summed E-state index contributed by atoms with van der Waals surface area (Å²) in [7, 11) is 0. The van der Waals surface area contributed by atoms with Gasteiger partial charge in [-0.05, 0) is 12.1 Å². The summed E-state index contributed by atoms with van der Waals surface area (Å²) < 4.78 is 0. The van der Waals surface area contributed by atoms with Gasteiger partial charge in [-0.15, -0.1) is 0 Å². The maximum Gasteiger partial charge on any atom is 0.280 e. The number of aromatic nitrogens is 4. The van der Waals surface area contributed by atoms with Crippen molar-refractivity contribution in [3.05, 3.63) is 53.1 Å². The average Bonchev–Trinajstić information content (AvgIpc) is 2.40. The molecule has 3 aromatic rings. The summed E-state index contributed by atoms with van der Waals surface area (Å²) in [5.74, 6) is 0.346. The fraction of sp³-hybridized carbons (Fsp3) is 0. The van der Waals surface area contributed by atoms with Crippen LogP contribution in [0, 0.1) is 0 Å². The first-order valence-corrected chi connectivity index (χ1v) is 5.36. The van der Waals surface area contributed by atoms with Crippen LogP contribution in [0.3, 0.4) is 0 Å². The number of anilines is 2. The van der Waals surface area contributed by atoms with Gasteiger partial charge in [0.1, 0.15) is 0 Å². The van der Waals surface area contributed by atoms with Crippen LogP contribution in [0.5, 0.6) is 0 Å². The molecule has 2 N–H and O–H groups in total. The van der Waals surface area contributed by atoms with Crippen molar-refractivity contribution in [3.8, 4) is 0 Å². The number of nitrogens with zero attached hydrogens (tertiary/aromatic N) is 3. The van der Waals surface area contributed by atoms with Gasteiger partial charge in [0.15, 0.2) is 11.2 Å². The Kier molecular flexibility index (Phi) is 2.45. The van der Waals surface area contributed by atoms with Gasteiger partial charge < -0.3 is 5.32 Å². The van der Waals surface area contributed by atoms with Crippen molar-refractivity contribution >= 4 is 22.8 Å². The van der Waals surface area contributed by atoms with Crippen LogP contribution in [-0.4, -0.2) is 19.9 Å². The van der Waals surface area contributed by atoms with Crippen LogP contribution in [0.15, 0.2) is 47.5 Å². The molecule has 0 atom stereocenters. The van der Waals surface area contributed by atoms with E-state index in [0.29, 0.717) is 11.6 Å². The van der Waals surface area contributed by atoms with Gasteiger partial charge in [-0.3, -0.25) is 9.78 Å². The SMILES string of the molecule is O=c1[nH]c(Nc2ccccc2)nc2nccnc12. The lowest BCUT2D eigenvalue weighted by Gasteiger charge is -2.04. The third-order valence-electron chi connectivity index (χ3n) is 2.38. The zero-order valence-corrected chi connectivity index (χ0v) is 9.29. The molecule has 0 aliphatic rings. The Morgan fingerprint density at radius 1 is 1.06 bits per heavy atom. The van der Waals surface area contributed by atoms with Gasteiger partial charge in [0.2, 0.25) is 5.95 Å². The van der Waals surface area contributed by atoms with E-state index >= 15 is 0 Å². The molecule has 6 heteroatoms. The number of hydrogen-bond acceptors (Lipinski definition) is 5. The third-order valence-corrected chi connectivity index (χ3v) is 2.38. The van der Waals surface area contributed by atoms with Crippen molar-refractivity contribution in [2.24, 2.45) is 0 Å². The van der Waals surface area contributed by atoms with Crippen molar-refractivity contribution < 1.29 is 0 Å². The molecular formula is C12H9N5O. The first-order valence-electron chi connectivity index (χ1n) is 5.36. The first kappa shape index (κ1) is 10.4. The maximum atomic E-state index is 11.8. The largest absolute Gasteiger partial charge is 0.326 e. The predicted molar refractivity (Wildman–Crippen MR) is 67.7 cm³/mol. The zero-order valence-electron chi connectivity index (χ0n) is 9.29. The zero-order chi connectivity index (χ0) is 12.4. The molecule has 0 aliphatic heterocycles. The first-order chi connectivity index (χ1) is 8.83. The fourth-order valence-electron chi connectivity index (χ4n) is 1.59. The van der Waals surface area contributed by atoms with Crippen LogP contribution in [0.25, 0.3) is 11.2 Å². The molecule has 0 saturated carbocycles. The van der Waals surface area contributed by atoms with Crippen LogP contribution < -0.4 is 10.9 Å². The number of benzene rings is 1. The number of para-hydroxylation sites is 1. The molecule has 0 amide bonds. The molecule has 1 aromatic carbocycles. The van der Waals surface area contributed by atoms with Gasteiger partial charge in [-0.1, -0.05) is 18.2 Å². The summed E-state index contributed by atoms with van der Waals surface area (Å²) in [6.45, 7) is 0. The predicted octanol–water partition coefficient (Wildman–Crippen LogP) is 1.46. The minimum absolute atomic E-state index is 0.233. The standard InChI is InChI=1S/C12H9N5O/c18-11-9-10(14-7-6-13-9)16-12(17-11)15-8-4-2-1-3-5-8/h1-7H,(H2,14,15,16,17,18). The molecule has 88 valence electrons. The Morgan fingerprint density at radius 3 is 2.67 bits per heavy atom. The summed E-state index contributed by atoms with van der Waals surface area (Å²) in [6.07, 6.45) is 2.96. The fourth-order valence-corrected chi connectivity index (χ4v) is 1.59. The smallest absolute Gasteiger partial charge is 0.280 e. The molecule has 0 spiro atoms. The van der Waals surface area contributed by atoms with Crippen molar-refractivity contribution in [2.45, 2.75) is 0 Å². The average molecular weight is 239 g/mol. The van der Waals surface area contributed by atoms with Gasteiger partial charge in [-0.2, -0.15) is 4.98 Å². The molecule has 0 fully saturated rings. The monoisotopic (exact) mass is 239 g/mol. The molecule has 0 unspecified atom stereocenters. The molecular weight excluding hydrogens is 230 g/mol. The minimum Gasteiger partial charge on any atom is -0.326 e. The number of fused-ring (bicyclic) bond motifs is 1. The molecule has 3 rings (SSSR count). The molecule has 0 bridgehead atoms. The Labute approximate surface area is 102 Å². The summed E-state index contributed by atoms with van der Waals surface area (Å²) in [6, 6.07) is 9.44. The summed E-state index contributed by atoms with van der Waals surface area (Å²) in [4.78, 5) is 26.5. The molecule has 2 heterocycles. The van der Waals surface area contributed by atoms with E-state index in [0.717, 1.165) is 5.69 Å². The normalized spacial score (nSPS) is 10.4. The highest BCUT2D eigenvalue weighted by Crippen LogP contribution is 2.11. The van der Waals surface area contributed by atoms with Gasteiger partial charge in [-0.25, -0.2) is 9.97 Å². The molecule has 0 aliphatic carbocycles. The van der Waals surface area contributed by atoms with E-state index in [-0.39, 0.29) is 11.1 Å². The Hall–Kier alpha value is -2.76. The number of H-pyrrole nitrogens is 1. The number of aromatic amines is 1. The second kappa shape index (κ2) is 4.25. The highest BCUT2D eigenvalue weighted by atomic mass is 16.1. The van der Waals surface area contributed by atoms with Crippen LogP contribution >= 0.6 is 0 Å². The Morgan fingerprint density at radius 2 is 1.83 bits per heavy atom. The molecule has 18 heavy (non-hydrogen) atoms. The van der Waals surface area contributed by atoms with E-state index < -0.39 is 0 Å². The molecule has 2 aromatic heterocycles. The summed E-state index contributed by atoms with van der Waals surface area (Å²) in [5.41, 5.74) is 1.08. The van der Waals surface area contributed by atoms with Gasteiger partial charge in [0.25, 0.3) is 5.56 Å². The lowest BCUT2D eigenvalue weighted by Crippen LogP contribution is -2.13. The van der Waals surface area contributed by atoms with Crippen LogP contribution in [0.2, 0.25) is 0 Å². The van der Waals surface area contributed by atoms with Crippen LogP contribution in [0.1, 0.15) is 0 Å². The van der Waals surface area contributed by atoms with E-state index in [1.165, 1.54) is 12.4 Å². The van der Waals surface area contributed by atoms with E-state index in [1.807, 2.05) is 30.3 Å². The van der Waals surface area contributed by atoms with E-state index in [2.05, 4.69) is 25.3 Å². The molecule has 0 saturated heterocycles. The van der Waals surface area contributed by atoms with E-state index in [1.54, 1.807) is 0 Å². The summed E-state index contributed by atoms with van der Waals surface area (Å²) in [5, 5.41) is 3.00. The van der Waals surface area contributed by atoms with Crippen molar-refractivity contribution in [3.63, 3.8) is 0 Å². The molecule has 0 radical (unpaired) electrons.